The fourth-order valence-electron chi connectivity index (χ4n) is 1.39. The number of carbonyl (C=O) groups excluding carboxylic acids is 2. The molecule has 14 heavy (non-hydrogen) atoms. The second-order valence-corrected chi connectivity index (χ2v) is 3.00. The molecule has 80 valence electrons. The predicted molar refractivity (Wildman–Crippen MR) is 48.3 cm³/mol. The van der Waals surface area contributed by atoms with Gasteiger partial charge in [-0.2, -0.15) is 0 Å². The number of nitrogens with two attached hydrogens (primary N) is 2. The lowest BCUT2D eigenvalue weighted by Crippen LogP contribution is -2.57. The van der Waals surface area contributed by atoms with E-state index in [1.807, 2.05) is 0 Å². The smallest absolute Gasteiger partial charge is 0.330 e. The summed E-state index contributed by atoms with van der Waals surface area (Å²) in [6, 6.07) is -1.28. The highest BCUT2D eigenvalue weighted by Crippen LogP contribution is 2.12. The van der Waals surface area contributed by atoms with Crippen LogP contribution in [0.5, 0.6) is 0 Å². The van der Waals surface area contributed by atoms with Crippen LogP contribution in [0.3, 0.4) is 0 Å². The monoisotopic (exact) mass is 202 g/mol. The number of hydrogen-bond acceptors (Lipinski definition) is 4. The maximum absolute atomic E-state index is 11.0. The molecule has 4 amide bonds. The van der Waals surface area contributed by atoms with E-state index in [1.165, 1.54) is 5.01 Å². The van der Waals surface area contributed by atoms with Gasteiger partial charge in [-0.05, 0) is 6.42 Å². The molecule has 1 rings (SSSR count). The van der Waals surface area contributed by atoms with Gasteiger partial charge in [0.2, 0.25) is 0 Å². The first-order valence-corrected chi connectivity index (χ1v) is 4.13. The van der Waals surface area contributed by atoms with E-state index in [4.69, 9.17) is 11.5 Å². The summed E-state index contributed by atoms with van der Waals surface area (Å²) in [5, 5.41) is 2.98. The van der Waals surface area contributed by atoms with Gasteiger partial charge in [-0.3, -0.25) is 5.43 Å². The van der Waals surface area contributed by atoms with Crippen molar-refractivity contribution in [1.82, 2.24) is 20.9 Å². The Morgan fingerprint density at radius 2 is 2.07 bits per heavy atom. The summed E-state index contributed by atoms with van der Waals surface area (Å²) >= 11 is 0. The van der Waals surface area contributed by atoms with Crippen molar-refractivity contribution in [3.8, 4) is 0 Å². The molecule has 1 heterocycles. The summed E-state index contributed by atoms with van der Waals surface area (Å²) in [5.74, 6) is 0. The molecule has 0 radical (unpaired) electrons. The van der Waals surface area contributed by atoms with Gasteiger partial charge < -0.3 is 11.5 Å². The second-order valence-electron chi connectivity index (χ2n) is 3.00. The van der Waals surface area contributed by atoms with Crippen molar-refractivity contribution in [2.75, 3.05) is 13.6 Å². The summed E-state index contributed by atoms with van der Waals surface area (Å²) in [4.78, 5) is 21.4. The molecule has 1 aliphatic heterocycles. The normalized spacial score (nSPS) is 22.4. The molecule has 0 bridgehead atoms. The molecule has 0 aromatic heterocycles. The molecule has 1 aliphatic rings. The third-order valence-electron chi connectivity index (χ3n) is 1.98. The van der Waals surface area contributed by atoms with E-state index in [2.05, 4.69) is 10.9 Å². The van der Waals surface area contributed by atoms with Crippen LogP contribution < -0.4 is 22.3 Å². The number of amides is 4. The third kappa shape index (κ3) is 2.24. The molecule has 1 saturated heterocycles. The topological polar surface area (TPSA) is 117 Å². The number of hydrazine groups is 2. The van der Waals surface area contributed by atoms with E-state index in [-0.39, 0.29) is 6.17 Å². The number of rotatable bonds is 2. The van der Waals surface area contributed by atoms with Gasteiger partial charge in [0.25, 0.3) is 0 Å². The molecule has 0 aliphatic carbocycles. The molecule has 1 atom stereocenters. The summed E-state index contributed by atoms with van der Waals surface area (Å²) in [6.07, 6.45) is 0.324. The van der Waals surface area contributed by atoms with Crippen LogP contribution in [-0.4, -0.2) is 41.8 Å². The summed E-state index contributed by atoms with van der Waals surface area (Å²) in [6.45, 7) is 0.682. The SMILES string of the molecule is CN1CCC(NNC(N)=O)N1C(N)=O. The molecule has 0 spiro atoms. The largest absolute Gasteiger partial charge is 0.351 e. The van der Waals surface area contributed by atoms with Gasteiger partial charge in [0.15, 0.2) is 0 Å². The van der Waals surface area contributed by atoms with Gasteiger partial charge in [0, 0.05) is 13.6 Å². The van der Waals surface area contributed by atoms with Crippen molar-refractivity contribution in [3.63, 3.8) is 0 Å². The minimum absolute atomic E-state index is 0.343. The Morgan fingerprint density at radius 1 is 1.43 bits per heavy atom. The van der Waals surface area contributed by atoms with Crippen LogP contribution in [0.1, 0.15) is 6.42 Å². The average Bonchev–Trinajstić information content (AvgIpc) is 2.43. The van der Waals surface area contributed by atoms with Gasteiger partial charge in [0.05, 0.1) is 0 Å². The predicted octanol–water partition coefficient (Wildman–Crippen LogP) is -1.88. The molecule has 6 N–H and O–H groups in total. The van der Waals surface area contributed by atoms with Crippen LogP contribution >= 0.6 is 0 Å². The van der Waals surface area contributed by atoms with E-state index < -0.39 is 12.1 Å². The first-order chi connectivity index (χ1) is 6.52. The Bertz CT molecular complexity index is 244. The summed E-state index contributed by atoms with van der Waals surface area (Å²) < 4.78 is 0. The highest BCUT2D eigenvalue weighted by molar-refractivity contribution is 5.72. The first-order valence-electron chi connectivity index (χ1n) is 4.13. The van der Waals surface area contributed by atoms with Crippen LogP contribution in [0.4, 0.5) is 9.59 Å². The number of nitrogens with zero attached hydrogens (tertiary/aromatic N) is 2. The minimum Gasteiger partial charge on any atom is -0.351 e. The molecule has 8 nitrogen and oxygen atoms in total. The Hall–Kier alpha value is -1.54. The van der Waals surface area contributed by atoms with E-state index in [0.29, 0.717) is 13.0 Å². The Morgan fingerprint density at radius 3 is 2.57 bits per heavy atom. The molecule has 0 aromatic rings. The first kappa shape index (κ1) is 10.5. The highest BCUT2D eigenvalue weighted by atomic mass is 16.2. The molecule has 1 unspecified atom stereocenters. The Balaban J connectivity index is 2.51. The number of primary amides is 2. The lowest BCUT2D eigenvalue weighted by atomic mass is 10.4. The molecule has 0 aromatic carbocycles. The Labute approximate surface area is 81.1 Å². The average molecular weight is 202 g/mol. The standard InChI is InChI=1S/C6H14N6O2/c1-11-3-2-4(9-10-5(7)13)12(11)6(8)14/h4,9H,2-3H2,1H3,(H2,8,14)(H3,7,10,13). The van der Waals surface area contributed by atoms with Crippen LogP contribution in [0, 0.1) is 0 Å². The van der Waals surface area contributed by atoms with Crippen molar-refractivity contribution in [2.24, 2.45) is 11.5 Å². The van der Waals surface area contributed by atoms with Gasteiger partial charge in [-0.15, -0.1) is 0 Å². The van der Waals surface area contributed by atoms with Gasteiger partial charge in [-0.1, -0.05) is 0 Å². The number of carbonyl (C=O) groups is 2. The summed E-state index contributed by atoms with van der Waals surface area (Å²) in [7, 11) is 1.73. The zero-order chi connectivity index (χ0) is 10.7. The fraction of sp³-hybridized carbons (Fsp3) is 0.667. The minimum atomic E-state index is -0.705. The molecular formula is C6H14N6O2. The van der Waals surface area contributed by atoms with Crippen molar-refractivity contribution >= 4 is 12.1 Å². The quantitative estimate of drug-likeness (QED) is 0.392. The highest BCUT2D eigenvalue weighted by Gasteiger charge is 2.31. The Kier molecular flexibility index (Phi) is 3.10. The van der Waals surface area contributed by atoms with Crippen LogP contribution in [0.15, 0.2) is 0 Å². The van der Waals surface area contributed by atoms with Crippen LogP contribution in [0.2, 0.25) is 0 Å². The second kappa shape index (κ2) is 4.11. The van der Waals surface area contributed by atoms with E-state index in [9.17, 15) is 9.59 Å². The number of hydrogen-bond donors (Lipinski definition) is 4. The summed E-state index contributed by atoms with van der Waals surface area (Å²) in [5.41, 5.74) is 14.8. The van der Waals surface area contributed by atoms with Gasteiger partial charge in [-0.25, -0.2) is 25.0 Å². The van der Waals surface area contributed by atoms with Crippen molar-refractivity contribution in [3.05, 3.63) is 0 Å². The van der Waals surface area contributed by atoms with E-state index >= 15 is 0 Å². The van der Waals surface area contributed by atoms with Crippen molar-refractivity contribution < 1.29 is 9.59 Å². The zero-order valence-electron chi connectivity index (χ0n) is 7.86. The fourth-order valence-corrected chi connectivity index (χ4v) is 1.39. The lowest BCUT2D eigenvalue weighted by molar-refractivity contribution is 0.0521. The molecular weight excluding hydrogens is 188 g/mol. The zero-order valence-corrected chi connectivity index (χ0v) is 7.86. The third-order valence-corrected chi connectivity index (χ3v) is 1.98. The van der Waals surface area contributed by atoms with E-state index in [0.717, 1.165) is 0 Å². The van der Waals surface area contributed by atoms with Crippen molar-refractivity contribution in [2.45, 2.75) is 12.6 Å². The maximum atomic E-state index is 11.0. The van der Waals surface area contributed by atoms with Gasteiger partial charge >= 0.3 is 12.1 Å². The molecule has 1 fully saturated rings. The molecule has 0 saturated carbocycles. The van der Waals surface area contributed by atoms with Gasteiger partial charge in [0.1, 0.15) is 6.17 Å². The van der Waals surface area contributed by atoms with E-state index in [1.54, 1.807) is 12.1 Å². The van der Waals surface area contributed by atoms with Crippen molar-refractivity contribution in [1.29, 1.82) is 0 Å². The van der Waals surface area contributed by atoms with Crippen LogP contribution in [-0.2, 0) is 0 Å². The maximum Gasteiger partial charge on any atom is 0.330 e. The molecule has 8 heteroatoms. The van der Waals surface area contributed by atoms with Crippen LogP contribution in [0.25, 0.3) is 0 Å². The number of urea groups is 2. The lowest BCUT2D eigenvalue weighted by Gasteiger charge is -2.27. The number of nitrogens with one attached hydrogen (secondary N) is 2.